The molecule has 0 unspecified atom stereocenters. The second-order valence-electron chi connectivity index (χ2n) is 4.76. The molecule has 0 aliphatic rings. The molecule has 0 fully saturated rings. The van der Waals surface area contributed by atoms with E-state index in [1.807, 2.05) is 37.3 Å². The second kappa shape index (κ2) is 6.03. The zero-order chi connectivity index (χ0) is 13.8. The highest BCUT2D eigenvalue weighted by Crippen LogP contribution is 2.21. The number of halogens is 1. The van der Waals surface area contributed by atoms with E-state index in [1.54, 1.807) is 6.07 Å². The van der Waals surface area contributed by atoms with Crippen LogP contribution in [0.3, 0.4) is 0 Å². The second-order valence-corrected chi connectivity index (χ2v) is 5.17. The van der Waals surface area contributed by atoms with Crippen molar-refractivity contribution in [2.24, 2.45) is 0 Å². The van der Waals surface area contributed by atoms with Gasteiger partial charge in [0.2, 0.25) is 0 Å². The first-order chi connectivity index (χ1) is 9.11. The molecule has 0 spiro atoms. The molecule has 2 aromatic rings. The Bertz CT molecular complexity index is 602. The third kappa shape index (κ3) is 3.24. The van der Waals surface area contributed by atoms with E-state index in [1.165, 1.54) is 5.56 Å². The van der Waals surface area contributed by atoms with Gasteiger partial charge in [-0.2, -0.15) is 0 Å². The first-order valence-corrected chi connectivity index (χ1v) is 6.89. The lowest BCUT2D eigenvalue weighted by Gasteiger charge is -2.06. The minimum Gasteiger partial charge on any atom is -0.289 e. The predicted octanol–water partition coefficient (Wildman–Crippen LogP) is 4.83. The van der Waals surface area contributed by atoms with Gasteiger partial charge in [0.05, 0.1) is 5.02 Å². The quantitative estimate of drug-likeness (QED) is 0.729. The monoisotopic (exact) mass is 272 g/mol. The average Bonchev–Trinajstić information content (AvgIpc) is 2.39. The zero-order valence-electron chi connectivity index (χ0n) is 11.2. The summed E-state index contributed by atoms with van der Waals surface area (Å²) in [6.45, 7) is 4.09. The Labute approximate surface area is 119 Å². The summed E-state index contributed by atoms with van der Waals surface area (Å²) in [6.07, 6.45) is 2.06. The van der Waals surface area contributed by atoms with Crippen LogP contribution < -0.4 is 0 Å². The van der Waals surface area contributed by atoms with Crippen LogP contribution in [0.4, 0.5) is 0 Å². The molecule has 0 heterocycles. The average molecular weight is 273 g/mol. The van der Waals surface area contributed by atoms with E-state index in [4.69, 9.17) is 11.6 Å². The Morgan fingerprint density at radius 2 is 1.95 bits per heavy atom. The van der Waals surface area contributed by atoms with Crippen molar-refractivity contribution in [2.75, 3.05) is 0 Å². The molecule has 2 rings (SSSR count). The van der Waals surface area contributed by atoms with Crippen molar-refractivity contribution < 1.29 is 4.79 Å². The molecule has 0 aromatic heterocycles. The highest BCUT2D eigenvalue weighted by atomic mass is 35.5. The van der Waals surface area contributed by atoms with Gasteiger partial charge in [-0.05, 0) is 42.7 Å². The number of carbonyl (C=O) groups excluding carboxylic acids is 1. The summed E-state index contributed by atoms with van der Waals surface area (Å²) in [5, 5.41) is 0.519. The third-order valence-electron chi connectivity index (χ3n) is 3.10. The van der Waals surface area contributed by atoms with Gasteiger partial charge in [-0.25, -0.2) is 0 Å². The molecule has 19 heavy (non-hydrogen) atoms. The number of carbonyl (C=O) groups is 1. The molecular weight excluding hydrogens is 256 g/mol. The smallest absolute Gasteiger partial charge is 0.194 e. The standard InChI is InChI=1S/C17H17ClO/c1-3-5-13-6-4-7-14(11-13)17(19)15-9-8-12(2)10-16(15)18/h4,6-11H,3,5H2,1-2H3. The molecule has 0 amide bonds. The van der Waals surface area contributed by atoms with Gasteiger partial charge in [0, 0.05) is 11.1 Å². The van der Waals surface area contributed by atoms with Crippen molar-refractivity contribution in [3.63, 3.8) is 0 Å². The summed E-state index contributed by atoms with van der Waals surface area (Å²) in [7, 11) is 0. The maximum atomic E-state index is 12.5. The lowest BCUT2D eigenvalue weighted by atomic mass is 9.99. The molecule has 98 valence electrons. The number of benzene rings is 2. The molecular formula is C17H17ClO. The SMILES string of the molecule is CCCc1cccc(C(=O)c2ccc(C)cc2Cl)c1. The van der Waals surface area contributed by atoms with Crippen LogP contribution in [-0.4, -0.2) is 5.78 Å². The molecule has 0 atom stereocenters. The normalized spacial score (nSPS) is 10.5. The molecule has 0 aliphatic carbocycles. The van der Waals surface area contributed by atoms with Gasteiger partial charge in [-0.3, -0.25) is 4.79 Å². The van der Waals surface area contributed by atoms with Crippen LogP contribution >= 0.6 is 11.6 Å². The highest BCUT2D eigenvalue weighted by Gasteiger charge is 2.13. The fourth-order valence-electron chi connectivity index (χ4n) is 2.12. The lowest BCUT2D eigenvalue weighted by molar-refractivity contribution is 0.103. The van der Waals surface area contributed by atoms with E-state index >= 15 is 0 Å². The van der Waals surface area contributed by atoms with Crippen molar-refractivity contribution in [3.05, 3.63) is 69.7 Å². The van der Waals surface area contributed by atoms with Crippen LogP contribution in [0.1, 0.15) is 40.4 Å². The van der Waals surface area contributed by atoms with E-state index in [-0.39, 0.29) is 5.78 Å². The predicted molar refractivity (Wildman–Crippen MR) is 80.1 cm³/mol. The molecule has 2 aromatic carbocycles. The number of hydrogen-bond donors (Lipinski definition) is 0. The van der Waals surface area contributed by atoms with Crippen molar-refractivity contribution in [2.45, 2.75) is 26.7 Å². The Morgan fingerprint density at radius 1 is 1.16 bits per heavy atom. The Hall–Kier alpha value is -1.60. The molecule has 0 N–H and O–H groups in total. The summed E-state index contributed by atoms with van der Waals surface area (Å²) < 4.78 is 0. The minimum atomic E-state index is -0.0112. The summed E-state index contributed by atoms with van der Waals surface area (Å²) in [4.78, 5) is 12.5. The Morgan fingerprint density at radius 3 is 2.63 bits per heavy atom. The maximum absolute atomic E-state index is 12.5. The van der Waals surface area contributed by atoms with Crippen molar-refractivity contribution >= 4 is 17.4 Å². The largest absolute Gasteiger partial charge is 0.289 e. The maximum Gasteiger partial charge on any atom is 0.194 e. The molecule has 0 aliphatic heterocycles. The Kier molecular flexibility index (Phi) is 4.39. The van der Waals surface area contributed by atoms with Gasteiger partial charge in [0.15, 0.2) is 5.78 Å². The van der Waals surface area contributed by atoms with Gasteiger partial charge in [0.25, 0.3) is 0 Å². The van der Waals surface area contributed by atoms with Gasteiger partial charge in [0.1, 0.15) is 0 Å². The number of aryl methyl sites for hydroxylation is 2. The first-order valence-electron chi connectivity index (χ1n) is 6.51. The fourth-order valence-corrected chi connectivity index (χ4v) is 2.44. The molecule has 1 nitrogen and oxygen atoms in total. The lowest BCUT2D eigenvalue weighted by Crippen LogP contribution is -2.03. The minimum absolute atomic E-state index is 0.0112. The number of rotatable bonds is 4. The van der Waals surface area contributed by atoms with Gasteiger partial charge < -0.3 is 0 Å². The summed E-state index contributed by atoms with van der Waals surface area (Å²) in [5.41, 5.74) is 3.52. The molecule has 0 saturated heterocycles. The first kappa shape index (κ1) is 13.8. The topological polar surface area (TPSA) is 17.1 Å². The van der Waals surface area contributed by atoms with Crippen molar-refractivity contribution in [1.82, 2.24) is 0 Å². The van der Waals surface area contributed by atoms with Crippen LogP contribution in [0.5, 0.6) is 0 Å². The van der Waals surface area contributed by atoms with Gasteiger partial charge in [-0.15, -0.1) is 0 Å². The van der Waals surface area contributed by atoms with Gasteiger partial charge >= 0.3 is 0 Å². The van der Waals surface area contributed by atoms with E-state index in [9.17, 15) is 4.79 Å². The van der Waals surface area contributed by atoms with Crippen molar-refractivity contribution in [1.29, 1.82) is 0 Å². The molecule has 0 radical (unpaired) electrons. The summed E-state index contributed by atoms with van der Waals surface area (Å²) >= 11 is 6.15. The van der Waals surface area contributed by atoms with Crippen LogP contribution in [0.2, 0.25) is 5.02 Å². The van der Waals surface area contributed by atoms with Crippen LogP contribution in [-0.2, 0) is 6.42 Å². The molecule has 0 saturated carbocycles. The van der Waals surface area contributed by atoms with E-state index in [2.05, 4.69) is 13.0 Å². The number of hydrogen-bond acceptors (Lipinski definition) is 1. The van der Waals surface area contributed by atoms with E-state index < -0.39 is 0 Å². The Balaban J connectivity index is 2.35. The van der Waals surface area contributed by atoms with Crippen LogP contribution in [0, 0.1) is 6.92 Å². The van der Waals surface area contributed by atoms with Crippen LogP contribution in [0.15, 0.2) is 42.5 Å². The van der Waals surface area contributed by atoms with E-state index in [0.717, 1.165) is 18.4 Å². The van der Waals surface area contributed by atoms with Gasteiger partial charge in [-0.1, -0.05) is 49.2 Å². The van der Waals surface area contributed by atoms with E-state index in [0.29, 0.717) is 16.1 Å². The zero-order valence-corrected chi connectivity index (χ0v) is 12.0. The highest BCUT2D eigenvalue weighted by molar-refractivity contribution is 6.35. The molecule has 0 bridgehead atoms. The summed E-state index contributed by atoms with van der Waals surface area (Å²) in [5.74, 6) is -0.0112. The number of ketones is 1. The third-order valence-corrected chi connectivity index (χ3v) is 3.41. The molecule has 2 heteroatoms. The fraction of sp³-hybridized carbons (Fsp3) is 0.235. The van der Waals surface area contributed by atoms with Crippen molar-refractivity contribution in [3.8, 4) is 0 Å². The van der Waals surface area contributed by atoms with Crippen LogP contribution in [0.25, 0.3) is 0 Å². The summed E-state index contributed by atoms with van der Waals surface area (Å²) in [6, 6.07) is 13.3.